The second-order valence-corrected chi connectivity index (χ2v) is 5.11. The number of benzene rings is 1. The van der Waals surface area contributed by atoms with E-state index >= 15 is 0 Å². The van der Waals surface area contributed by atoms with Crippen LogP contribution >= 0.6 is 0 Å². The van der Waals surface area contributed by atoms with Gasteiger partial charge < -0.3 is 5.32 Å². The number of carbonyl (C=O) groups excluding carboxylic acids is 1. The van der Waals surface area contributed by atoms with Crippen LogP contribution in [0.5, 0.6) is 0 Å². The molecule has 1 N–H and O–H groups in total. The molecule has 1 aliphatic rings. The first-order chi connectivity index (χ1) is 8.89. The van der Waals surface area contributed by atoms with Crippen LogP contribution in [0.15, 0.2) is 30.3 Å². The van der Waals surface area contributed by atoms with E-state index in [1.807, 2.05) is 30.3 Å². The summed E-state index contributed by atoms with van der Waals surface area (Å²) < 4.78 is 36.1. The minimum Gasteiger partial charge on any atom is -0.350 e. The summed E-state index contributed by atoms with van der Waals surface area (Å²) in [5, 5.41) is 2.75. The first-order valence-corrected chi connectivity index (χ1v) is 6.30. The maximum absolute atomic E-state index is 12.0. The molecule has 0 spiro atoms. The minimum absolute atomic E-state index is 0.315. The van der Waals surface area contributed by atoms with Gasteiger partial charge in [-0.3, -0.25) is 4.79 Å². The summed E-state index contributed by atoms with van der Waals surface area (Å²) in [5.41, 5.74) is 0.778. The van der Waals surface area contributed by atoms with Crippen LogP contribution in [-0.2, 0) is 11.2 Å². The number of hydrogen-bond donors (Lipinski definition) is 1. The van der Waals surface area contributed by atoms with Gasteiger partial charge in [0.15, 0.2) is 0 Å². The Balaban J connectivity index is 1.83. The van der Waals surface area contributed by atoms with E-state index < -0.39 is 24.9 Å². The molecule has 0 bridgehead atoms. The molecule has 1 aromatic rings. The van der Waals surface area contributed by atoms with Crippen LogP contribution in [0.3, 0.4) is 0 Å². The van der Waals surface area contributed by atoms with Gasteiger partial charge >= 0.3 is 6.18 Å². The van der Waals surface area contributed by atoms with Crippen LogP contribution in [0.4, 0.5) is 13.2 Å². The van der Waals surface area contributed by atoms with Crippen molar-refractivity contribution >= 4 is 5.91 Å². The highest BCUT2D eigenvalue weighted by molar-refractivity contribution is 5.77. The van der Waals surface area contributed by atoms with Crippen molar-refractivity contribution in [2.45, 2.75) is 43.8 Å². The van der Waals surface area contributed by atoms with E-state index in [4.69, 9.17) is 0 Å². The highest BCUT2D eigenvalue weighted by Gasteiger charge is 2.44. The summed E-state index contributed by atoms with van der Waals surface area (Å²) in [6.07, 6.45) is -3.46. The normalized spacial score (nSPS) is 17.0. The van der Waals surface area contributed by atoms with E-state index in [1.165, 1.54) is 0 Å². The molecule has 19 heavy (non-hydrogen) atoms. The Morgan fingerprint density at radius 3 is 2.37 bits per heavy atom. The van der Waals surface area contributed by atoms with E-state index in [2.05, 4.69) is 5.32 Å². The molecule has 1 amide bonds. The Hall–Kier alpha value is -1.52. The van der Waals surface area contributed by atoms with E-state index in [0.717, 1.165) is 18.4 Å². The van der Waals surface area contributed by atoms with E-state index in [0.29, 0.717) is 6.42 Å². The summed E-state index contributed by atoms with van der Waals surface area (Å²) in [5.74, 6) is -0.509. The lowest BCUT2D eigenvalue weighted by Crippen LogP contribution is -2.38. The van der Waals surface area contributed by atoms with Gasteiger partial charge in [-0.15, -0.1) is 0 Å². The van der Waals surface area contributed by atoms with Crippen LogP contribution in [0.1, 0.15) is 31.2 Å². The summed E-state index contributed by atoms with van der Waals surface area (Å²) in [7, 11) is 0. The molecule has 0 aromatic heterocycles. The molecule has 1 aliphatic carbocycles. The summed E-state index contributed by atoms with van der Waals surface area (Å²) in [6.45, 7) is 0. The van der Waals surface area contributed by atoms with Crippen LogP contribution in [0.25, 0.3) is 0 Å². The van der Waals surface area contributed by atoms with Crippen LogP contribution in [-0.4, -0.2) is 17.6 Å². The van der Waals surface area contributed by atoms with Crippen LogP contribution < -0.4 is 5.32 Å². The lowest BCUT2D eigenvalue weighted by Gasteiger charge is -2.18. The Morgan fingerprint density at radius 1 is 1.21 bits per heavy atom. The van der Waals surface area contributed by atoms with E-state index in [9.17, 15) is 18.0 Å². The second-order valence-electron chi connectivity index (χ2n) is 5.11. The van der Waals surface area contributed by atoms with Crippen molar-refractivity contribution in [1.29, 1.82) is 0 Å². The zero-order valence-electron chi connectivity index (χ0n) is 10.5. The lowest BCUT2D eigenvalue weighted by molar-refractivity contribution is -0.144. The Kier molecular flexibility index (Phi) is 3.83. The zero-order valence-corrected chi connectivity index (χ0v) is 10.5. The van der Waals surface area contributed by atoms with Crippen molar-refractivity contribution in [3.05, 3.63) is 35.9 Å². The maximum atomic E-state index is 12.0. The summed E-state index contributed by atoms with van der Waals surface area (Å²) in [4.78, 5) is 11.5. The van der Waals surface area contributed by atoms with Crippen molar-refractivity contribution in [2.75, 3.05) is 0 Å². The number of hydrogen-bond acceptors (Lipinski definition) is 1. The first-order valence-electron chi connectivity index (χ1n) is 6.30. The fourth-order valence-corrected chi connectivity index (χ4v) is 2.10. The summed E-state index contributed by atoms with van der Waals surface area (Å²) >= 11 is 0. The fraction of sp³-hybridized carbons (Fsp3) is 0.500. The molecule has 0 aliphatic heterocycles. The Labute approximate surface area is 110 Å². The van der Waals surface area contributed by atoms with Crippen LogP contribution in [0, 0.1) is 0 Å². The topological polar surface area (TPSA) is 29.1 Å². The monoisotopic (exact) mass is 271 g/mol. The molecule has 0 saturated heterocycles. The third kappa shape index (κ3) is 4.58. The molecular formula is C14H16F3NO. The van der Waals surface area contributed by atoms with E-state index in [-0.39, 0.29) is 5.54 Å². The molecule has 2 nitrogen and oxygen atoms in total. The van der Waals surface area contributed by atoms with Gasteiger partial charge in [-0.1, -0.05) is 30.3 Å². The van der Waals surface area contributed by atoms with Gasteiger partial charge in [0.25, 0.3) is 0 Å². The molecular weight excluding hydrogens is 255 g/mol. The standard InChI is InChI=1S/C14H16F3NO/c15-14(16,17)7-6-12(19)18-13(8-9-13)10-11-4-2-1-3-5-11/h1-5H,6-10H2,(H,18,19). The van der Waals surface area contributed by atoms with Crippen molar-refractivity contribution in [1.82, 2.24) is 5.32 Å². The Morgan fingerprint density at radius 2 is 1.84 bits per heavy atom. The lowest BCUT2D eigenvalue weighted by atomic mass is 10.0. The quantitative estimate of drug-likeness (QED) is 0.875. The number of rotatable bonds is 5. The fourth-order valence-electron chi connectivity index (χ4n) is 2.10. The molecule has 1 fully saturated rings. The largest absolute Gasteiger partial charge is 0.389 e. The molecule has 0 radical (unpaired) electrons. The second kappa shape index (κ2) is 5.23. The molecule has 2 rings (SSSR count). The molecule has 0 unspecified atom stereocenters. The number of alkyl halides is 3. The van der Waals surface area contributed by atoms with Gasteiger partial charge in [0.05, 0.1) is 6.42 Å². The van der Waals surface area contributed by atoms with E-state index in [1.54, 1.807) is 0 Å². The third-order valence-corrected chi connectivity index (χ3v) is 3.28. The van der Waals surface area contributed by atoms with Gasteiger partial charge in [-0.2, -0.15) is 13.2 Å². The van der Waals surface area contributed by atoms with Crippen LogP contribution in [0.2, 0.25) is 0 Å². The first kappa shape index (κ1) is 13.9. The molecule has 104 valence electrons. The molecule has 1 aromatic carbocycles. The number of nitrogens with one attached hydrogen (secondary N) is 1. The average Bonchev–Trinajstić information content (AvgIpc) is 3.06. The maximum Gasteiger partial charge on any atom is 0.389 e. The SMILES string of the molecule is O=C(CCC(F)(F)F)NC1(Cc2ccccc2)CC1. The van der Waals surface area contributed by atoms with Crippen molar-refractivity contribution < 1.29 is 18.0 Å². The van der Waals surface area contributed by atoms with Crippen molar-refractivity contribution in [3.63, 3.8) is 0 Å². The smallest absolute Gasteiger partial charge is 0.350 e. The molecule has 5 heteroatoms. The number of halogens is 3. The van der Waals surface area contributed by atoms with Gasteiger partial charge in [0.2, 0.25) is 5.91 Å². The number of amides is 1. The molecule has 1 saturated carbocycles. The highest BCUT2D eigenvalue weighted by atomic mass is 19.4. The predicted octanol–water partition coefficient (Wildman–Crippen LogP) is 3.22. The molecule has 0 heterocycles. The predicted molar refractivity (Wildman–Crippen MR) is 65.5 cm³/mol. The molecule has 0 atom stereocenters. The van der Waals surface area contributed by atoms with Gasteiger partial charge in [-0.25, -0.2) is 0 Å². The minimum atomic E-state index is -4.27. The van der Waals surface area contributed by atoms with Gasteiger partial charge in [-0.05, 0) is 24.8 Å². The summed E-state index contributed by atoms with van der Waals surface area (Å²) in [6, 6.07) is 9.66. The van der Waals surface area contributed by atoms with Crippen molar-refractivity contribution in [2.24, 2.45) is 0 Å². The van der Waals surface area contributed by atoms with Crippen molar-refractivity contribution in [3.8, 4) is 0 Å². The number of carbonyl (C=O) groups is 1. The average molecular weight is 271 g/mol. The zero-order chi connectivity index (χ0) is 13.9. The Bertz CT molecular complexity index is 438. The van der Waals surface area contributed by atoms with Gasteiger partial charge in [0.1, 0.15) is 0 Å². The highest BCUT2D eigenvalue weighted by Crippen LogP contribution is 2.38. The van der Waals surface area contributed by atoms with Gasteiger partial charge in [0, 0.05) is 12.0 Å². The third-order valence-electron chi connectivity index (χ3n) is 3.28.